The van der Waals surface area contributed by atoms with Gasteiger partial charge < -0.3 is 5.32 Å². The van der Waals surface area contributed by atoms with Gasteiger partial charge >= 0.3 is 6.18 Å². The fourth-order valence-corrected chi connectivity index (χ4v) is 1.77. The summed E-state index contributed by atoms with van der Waals surface area (Å²) in [5.74, 6) is 0. The van der Waals surface area contributed by atoms with Crippen LogP contribution >= 0.6 is 15.9 Å². The highest BCUT2D eigenvalue weighted by Gasteiger charge is 2.30. The van der Waals surface area contributed by atoms with Crippen LogP contribution in [0.2, 0.25) is 0 Å². The van der Waals surface area contributed by atoms with E-state index in [1.54, 1.807) is 0 Å². The molecule has 1 atom stereocenters. The van der Waals surface area contributed by atoms with Crippen LogP contribution in [0.5, 0.6) is 0 Å². The van der Waals surface area contributed by atoms with E-state index in [-0.39, 0.29) is 0 Å². The van der Waals surface area contributed by atoms with Crippen molar-refractivity contribution in [3.8, 4) is 0 Å². The maximum atomic E-state index is 12.1. The summed E-state index contributed by atoms with van der Waals surface area (Å²) in [5.41, 5.74) is 1.70. The number of hydrogen-bond acceptors (Lipinski definition) is 1. The third-order valence-corrected chi connectivity index (χ3v) is 2.75. The second-order valence-electron chi connectivity index (χ2n) is 3.85. The molecule has 0 fully saturated rings. The number of halogens is 4. The van der Waals surface area contributed by atoms with Gasteiger partial charge in [0.25, 0.3) is 0 Å². The fourth-order valence-electron chi connectivity index (χ4n) is 1.41. The normalized spacial score (nSPS) is 13.6. The largest absolute Gasteiger partial charge is 0.391 e. The molecule has 1 aromatic rings. The Hall–Kier alpha value is -0.710. The molecule has 0 amide bonds. The maximum absolute atomic E-state index is 12.1. The zero-order valence-electron chi connectivity index (χ0n) is 9.03. The number of aryl methyl sites for hydroxylation is 1. The lowest BCUT2D eigenvalue weighted by molar-refractivity contribution is -0.136. The molecule has 1 aromatic carbocycles. The first-order valence-electron chi connectivity index (χ1n) is 4.87. The Morgan fingerprint density at radius 1 is 1.38 bits per heavy atom. The number of benzene rings is 1. The van der Waals surface area contributed by atoms with Crippen molar-refractivity contribution in [3.63, 3.8) is 0 Å². The van der Waals surface area contributed by atoms with Crippen molar-refractivity contribution < 1.29 is 13.2 Å². The molecule has 16 heavy (non-hydrogen) atoms. The van der Waals surface area contributed by atoms with Crippen LogP contribution in [0.4, 0.5) is 18.9 Å². The van der Waals surface area contributed by atoms with Gasteiger partial charge in [0.1, 0.15) is 0 Å². The van der Waals surface area contributed by atoms with Gasteiger partial charge in [-0.05, 0) is 47.5 Å². The summed E-state index contributed by atoms with van der Waals surface area (Å²) >= 11 is 3.29. The Morgan fingerprint density at radius 2 is 2.00 bits per heavy atom. The Morgan fingerprint density at radius 3 is 2.56 bits per heavy atom. The van der Waals surface area contributed by atoms with Crippen molar-refractivity contribution in [1.82, 2.24) is 0 Å². The minimum absolute atomic E-state index is 0.641. The van der Waals surface area contributed by atoms with Crippen molar-refractivity contribution in [2.75, 3.05) is 5.32 Å². The summed E-state index contributed by atoms with van der Waals surface area (Å²) in [4.78, 5) is 0. The lowest BCUT2D eigenvalue weighted by atomic mass is 10.2. The van der Waals surface area contributed by atoms with Gasteiger partial charge in [0.15, 0.2) is 0 Å². The highest BCUT2D eigenvalue weighted by molar-refractivity contribution is 9.10. The van der Waals surface area contributed by atoms with Crippen molar-refractivity contribution >= 4 is 21.6 Å². The predicted octanol–water partition coefficient (Wildman–Crippen LogP) is 4.51. The van der Waals surface area contributed by atoms with Gasteiger partial charge in [-0.25, -0.2) is 0 Å². The molecule has 90 valence electrons. The Kier molecular flexibility index (Phi) is 4.24. The van der Waals surface area contributed by atoms with E-state index in [1.165, 1.54) is 6.92 Å². The van der Waals surface area contributed by atoms with E-state index >= 15 is 0 Å². The first-order valence-corrected chi connectivity index (χ1v) is 5.66. The lowest BCUT2D eigenvalue weighted by Crippen LogP contribution is -2.24. The Balaban J connectivity index is 2.69. The SMILES string of the molecule is Cc1ccc(Br)c(NC(C)CC(F)(F)F)c1. The molecule has 5 heteroatoms. The van der Waals surface area contributed by atoms with Gasteiger partial charge in [0, 0.05) is 16.2 Å². The lowest BCUT2D eigenvalue weighted by Gasteiger charge is -2.18. The van der Waals surface area contributed by atoms with Crippen LogP contribution in [0.25, 0.3) is 0 Å². The van der Waals surface area contributed by atoms with Gasteiger partial charge in [0.05, 0.1) is 6.42 Å². The summed E-state index contributed by atoms with van der Waals surface area (Å²) in [6, 6.07) is 4.89. The highest BCUT2D eigenvalue weighted by Crippen LogP contribution is 2.27. The van der Waals surface area contributed by atoms with Crippen molar-refractivity contribution in [1.29, 1.82) is 0 Å². The standard InChI is InChI=1S/C11H13BrF3N/c1-7-3-4-9(12)10(5-7)16-8(2)6-11(13,14)15/h3-5,8,16H,6H2,1-2H3. The van der Waals surface area contributed by atoms with Gasteiger partial charge in [-0.1, -0.05) is 6.07 Å². The molecule has 1 rings (SSSR count). The van der Waals surface area contributed by atoms with Crippen LogP contribution in [0.15, 0.2) is 22.7 Å². The van der Waals surface area contributed by atoms with Crippen molar-refractivity contribution in [3.05, 3.63) is 28.2 Å². The van der Waals surface area contributed by atoms with E-state index in [0.717, 1.165) is 10.0 Å². The first-order chi connectivity index (χ1) is 7.28. The molecule has 0 aromatic heterocycles. The number of alkyl halides is 3. The molecule has 0 aliphatic heterocycles. The molecule has 0 aliphatic rings. The number of nitrogens with one attached hydrogen (secondary N) is 1. The van der Waals surface area contributed by atoms with E-state index < -0.39 is 18.6 Å². The van der Waals surface area contributed by atoms with E-state index in [2.05, 4.69) is 21.2 Å². The first kappa shape index (κ1) is 13.4. The Labute approximate surface area is 101 Å². The second kappa shape index (κ2) is 5.08. The molecule has 0 radical (unpaired) electrons. The van der Waals surface area contributed by atoms with Crippen LogP contribution < -0.4 is 5.32 Å². The van der Waals surface area contributed by atoms with E-state index in [1.807, 2.05) is 25.1 Å². The fraction of sp³-hybridized carbons (Fsp3) is 0.455. The van der Waals surface area contributed by atoms with E-state index in [4.69, 9.17) is 0 Å². The number of anilines is 1. The van der Waals surface area contributed by atoms with Gasteiger partial charge in [-0.2, -0.15) is 13.2 Å². The summed E-state index contributed by atoms with van der Waals surface area (Å²) in [6.45, 7) is 3.41. The zero-order chi connectivity index (χ0) is 12.3. The molecule has 0 bridgehead atoms. The molecular weight excluding hydrogens is 283 g/mol. The molecule has 0 spiro atoms. The molecule has 0 aliphatic carbocycles. The summed E-state index contributed by atoms with van der Waals surface area (Å²) in [6.07, 6.45) is -4.98. The molecule has 1 N–H and O–H groups in total. The maximum Gasteiger partial charge on any atom is 0.391 e. The molecule has 1 nitrogen and oxygen atoms in total. The molecule has 0 heterocycles. The monoisotopic (exact) mass is 295 g/mol. The molecular formula is C11H13BrF3N. The van der Waals surface area contributed by atoms with Gasteiger partial charge in [0.2, 0.25) is 0 Å². The minimum Gasteiger partial charge on any atom is -0.381 e. The second-order valence-corrected chi connectivity index (χ2v) is 4.70. The molecule has 1 unspecified atom stereocenters. The van der Waals surface area contributed by atoms with Crippen LogP contribution in [-0.4, -0.2) is 12.2 Å². The van der Waals surface area contributed by atoms with Crippen molar-refractivity contribution in [2.24, 2.45) is 0 Å². The summed E-state index contributed by atoms with van der Waals surface area (Å²) in [5, 5.41) is 2.84. The molecule has 0 saturated carbocycles. The topological polar surface area (TPSA) is 12.0 Å². The third-order valence-electron chi connectivity index (χ3n) is 2.06. The Bertz CT molecular complexity index is 363. The zero-order valence-corrected chi connectivity index (χ0v) is 10.6. The minimum atomic E-state index is -4.14. The summed E-state index contributed by atoms with van der Waals surface area (Å²) < 4.78 is 37.2. The van der Waals surface area contributed by atoms with Crippen LogP contribution in [0.3, 0.4) is 0 Å². The molecule has 0 saturated heterocycles. The quantitative estimate of drug-likeness (QED) is 0.865. The van der Waals surface area contributed by atoms with Crippen LogP contribution in [0.1, 0.15) is 18.9 Å². The summed E-state index contributed by atoms with van der Waals surface area (Å²) in [7, 11) is 0. The highest BCUT2D eigenvalue weighted by atomic mass is 79.9. The van der Waals surface area contributed by atoms with Crippen LogP contribution in [-0.2, 0) is 0 Å². The predicted molar refractivity (Wildman–Crippen MR) is 62.6 cm³/mol. The number of hydrogen-bond donors (Lipinski definition) is 1. The van der Waals surface area contributed by atoms with Gasteiger partial charge in [-0.3, -0.25) is 0 Å². The van der Waals surface area contributed by atoms with E-state index in [0.29, 0.717) is 5.69 Å². The van der Waals surface area contributed by atoms with Crippen molar-refractivity contribution in [2.45, 2.75) is 32.5 Å². The average Bonchev–Trinajstić information content (AvgIpc) is 2.08. The third kappa shape index (κ3) is 4.43. The average molecular weight is 296 g/mol. The smallest absolute Gasteiger partial charge is 0.381 e. The van der Waals surface area contributed by atoms with E-state index in [9.17, 15) is 13.2 Å². The van der Waals surface area contributed by atoms with Crippen LogP contribution in [0, 0.1) is 6.92 Å². The number of rotatable bonds is 3. The van der Waals surface area contributed by atoms with Gasteiger partial charge in [-0.15, -0.1) is 0 Å².